The average molecular weight is 285 g/mol. The maximum atomic E-state index is 13.7. The molecule has 0 spiro atoms. The summed E-state index contributed by atoms with van der Waals surface area (Å²) in [7, 11) is 0. The zero-order valence-corrected chi connectivity index (χ0v) is 10.2. The molecule has 84 valence electrons. The van der Waals surface area contributed by atoms with Gasteiger partial charge in [0, 0.05) is 10.0 Å². The first-order chi connectivity index (χ1) is 7.65. The summed E-state index contributed by atoms with van der Waals surface area (Å²) in [5.74, 6) is 0.345. The molecule has 0 unspecified atom stereocenters. The first kappa shape index (κ1) is 11.1. The van der Waals surface area contributed by atoms with Crippen molar-refractivity contribution in [1.82, 2.24) is 5.16 Å². The van der Waals surface area contributed by atoms with Gasteiger partial charge < -0.3 is 10.3 Å². The highest BCUT2D eigenvalue weighted by Crippen LogP contribution is 2.35. The van der Waals surface area contributed by atoms with E-state index in [0.29, 0.717) is 28.0 Å². The molecule has 0 aliphatic carbocycles. The second kappa shape index (κ2) is 4.25. The number of hydrogen-bond donors (Lipinski definition) is 1. The summed E-state index contributed by atoms with van der Waals surface area (Å²) in [6.07, 6.45) is 0.644. The number of nitrogen functional groups attached to an aromatic ring is 1. The van der Waals surface area contributed by atoms with Crippen LogP contribution in [0.5, 0.6) is 0 Å². The van der Waals surface area contributed by atoms with Crippen LogP contribution in [0.1, 0.15) is 12.5 Å². The minimum absolute atomic E-state index is 0.313. The Bertz CT molecular complexity index is 504. The van der Waals surface area contributed by atoms with Crippen LogP contribution in [0, 0.1) is 5.82 Å². The molecule has 0 atom stereocenters. The number of hydrogen-bond acceptors (Lipinski definition) is 3. The van der Waals surface area contributed by atoms with Crippen molar-refractivity contribution < 1.29 is 8.91 Å². The molecule has 2 aromatic rings. The Balaban J connectivity index is 2.67. The maximum Gasteiger partial charge on any atom is 0.176 e. The summed E-state index contributed by atoms with van der Waals surface area (Å²) in [5, 5.41) is 3.66. The number of nitrogens with zero attached hydrogens (tertiary/aromatic N) is 1. The number of anilines is 1. The summed E-state index contributed by atoms with van der Waals surface area (Å²) in [6, 6.07) is 4.74. The molecule has 3 nitrogen and oxygen atoms in total. The predicted molar refractivity (Wildman–Crippen MR) is 63.4 cm³/mol. The Kier molecular flexibility index (Phi) is 2.96. The number of nitrogens with two attached hydrogens (primary N) is 1. The monoisotopic (exact) mass is 284 g/mol. The molecule has 1 aromatic heterocycles. The number of halogens is 2. The zero-order valence-electron chi connectivity index (χ0n) is 8.63. The molecule has 1 heterocycles. The van der Waals surface area contributed by atoms with Crippen molar-refractivity contribution in [3.8, 4) is 11.3 Å². The van der Waals surface area contributed by atoms with Crippen LogP contribution in [-0.4, -0.2) is 5.16 Å². The fraction of sp³-hybridized carbons (Fsp3) is 0.182. The van der Waals surface area contributed by atoms with Gasteiger partial charge in [-0.1, -0.05) is 18.1 Å². The molecule has 5 heteroatoms. The quantitative estimate of drug-likeness (QED) is 0.920. The lowest BCUT2D eigenvalue weighted by molar-refractivity contribution is 0.432. The average Bonchev–Trinajstić information content (AvgIpc) is 2.59. The van der Waals surface area contributed by atoms with E-state index < -0.39 is 0 Å². The zero-order chi connectivity index (χ0) is 11.7. The number of rotatable bonds is 2. The van der Waals surface area contributed by atoms with Crippen molar-refractivity contribution in [2.45, 2.75) is 13.3 Å². The van der Waals surface area contributed by atoms with Crippen molar-refractivity contribution >= 4 is 21.7 Å². The van der Waals surface area contributed by atoms with E-state index in [2.05, 4.69) is 21.1 Å². The molecule has 0 radical (unpaired) electrons. The molecule has 1 aromatic carbocycles. The van der Waals surface area contributed by atoms with Crippen LogP contribution in [0.2, 0.25) is 0 Å². The van der Waals surface area contributed by atoms with E-state index >= 15 is 0 Å². The first-order valence-corrected chi connectivity index (χ1v) is 5.62. The first-order valence-electron chi connectivity index (χ1n) is 4.83. The van der Waals surface area contributed by atoms with Crippen LogP contribution in [0.4, 0.5) is 10.2 Å². The van der Waals surface area contributed by atoms with Gasteiger partial charge in [-0.3, -0.25) is 0 Å². The fourth-order valence-electron chi connectivity index (χ4n) is 1.57. The Morgan fingerprint density at radius 1 is 1.50 bits per heavy atom. The van der Waals surface area contributed by atoms with Crippen molar-refractivity contribution in [2.24, 2.45) is 0 Å². The summed E-state index contributed by atoms with van der Waals surface area (Å²) in [5.41, 5.74) is 6.74. The highest BCUT2D eigenvalue weighted by Gasteiger charge is 2.19. The summed E-state index contributed by atoms with van der Waals surface area (Å²) in [6.45, 7) is 1.92. The third kappa shape index (κ3) is 1.71. The Hall–Kier alpha value is -1.36. The van der Waals surface area contributed by atoms with Gasteiger partial charge >= 0.3 is 0 Å². The van der Waals surface area contributed by atoms with Crippen molar-refractivity contribution in [3.63, 3.8) is 0 Å². The van der Waals surface area contributed by atoms with Crippen LogP contribution >= 0.6 is 15.9 Å². The van der Waals surface area contributed by atoms with Crippen LogP contribution in [-0.2, 0) is 6.42 Å². The SMILES string of the molecule is CCc1c(N)noc1-c1c(F)cccc1Br. The lowest BCUT2D eigenvalue weighted by Gasteiger charge is -2.03. The summed E-state index contributed by atoms with van der Waals surface area (Å²) in [4.78, 5) is 0. The smallest absolute Gasteiger partial charge is 0.176 e. The standard InChI is InChI=1S/C11H10BrFN2O/c1-2-6-10(16-15-11(6)14)9-7(12)4-3-5-8(9)13/h3-5H,2H2,1H3,(H2,14,15). The number of benzene rings is 1. The van der Waals surface area contributed by atoms with Gasteiger partial charge in [0.05, 0.1) is 5.56 Å². The van der Waals surface area contributed by atoms with Crippen LogP contribution in [0.15, 0.2) is 27.2 Å². The second-order valence-electron chi connectivity index (χ2n) is 3.33. The summed E-state index contributed by atoms with van der Waals surface area (Å²) >= 11 is 3.29. The van der Waals surface area contributed by atoms with E-state index in [1.54, 1.807) is 12.1 Å². The van der Waals surface area contributed by atoms with Crippen LogP contribution in [0.3, 0.4) is 0 Å². The molecule has 0 aliphatic rings. The van der Waals surface area contributed by atoms with E-state index in [0.717, 1.165) is 5.56 Å². The lowest BCUT2D eigenvalue weighted by atomic mass is 10.1. The molecule has 0 aliphatic heterocycles. The molecule has 0 saturated carbocycles. The van der Waals surface area contributed by atoms with Gasteiger partial charge in [-0.2, -0.15) is 0 Å². The van der Waals surface area contributed by atoms with E-state index in [1.807, 2.05) is 6.92 Å². The van der Waals surface area contributed by atoms with Gasteiger partial charge in [0.15, 0.2) is 11.6 Å². The van der Waals surface area contributed by atoms with Crippen LogP contribution < -0.4 is 5.73 Å². The minimum atomic E-state index is -0.361. The molecule has 2 N–H and O–H groups in total. The van der Waals surface area contributed by atoms with Gasteiger partial charge in [-0.25, -0.2) is 4.39 Å². The van der Waals surface area contributed by atoms with Crippen molar-refractivity contribution in [3.05, 3.63) is 34.1 Å². The second-order valence-corrected chi connectivity index (χ2v) is 4.18. The van der Waals surface area contributed by atoms with Gasteiger partial charge in [-0.05, 0) is 34.5 Å². The highest BCUT2D eigenvalue weighted by molar-refractivity contribution is 9.10. The Morgan fingerprint density at radius 3 is 2.88 bits per heavy atom. The molecule has 16 heavy (non-hydrogen) atoms. The molecular formula is C11H10BrFN2O. The molecule has 0 bridgehead atoms. The lowest BCUT2D eigenvalue weighted by Crippen LogP contribution is -1.92. The van der Waals surface area contributed by atoms with E-state index in [-0.39, 0.29) is 5.82 Å². The third-order valence-electron chi connectivity index (χ3n) is 2.36. The van der Waals surface area contributed by atoms with E-state index in [4.69, 9.17) is 10.3 Å². The maximum absolute atomic E-state index is 13.7. The van der Waals surface area contributed by atoms with Crippen LogP contribution in [0.25, 0.3) is 11.3 Å². The molecular weight excluding hydrogens is 275 g/mol. The van der Waals surface area contributed by atoms with Gasteiger partial charge in [0.1, 0.15) is 5.82 Å². The minimum Gasteiger partial charge on any atom is -0.381 e. The Morgan fingerprint density at radius 2 is 2.25 bits per heavy atom. The molecule has 2 rings (SSSR count). The fourth-order valence-corrected chi connectivity index (χ4v) is 2.10. The highest BCUT2D eigenvalue weighted by atomic mass is 79.9. The largest absolute Gasteiger partial charge is 0.381 e. The Labute approximate surface area is 101 Å². The number of aromatic nitrogens is 1. The molecule has 0 fully saturated rings. The normalized spacial score (nSPS) is 10.7. The van der Waals surface area contributed by atoms with Gasteiger partial charge in [0.25, 0.3) is 0 Å². The van der Waals surface area contributed by atoms with E-state index in [1.165, 1.54) is 6.07 Å². The molecule has 0 saturated heterocycles. The predicted octanol–water partition coefficient (Wildman–Crippen LogP) is 3.39. The topological polar surface area (TPSA) is 52.0 Å². The summed E-state index contributed by atoms with van der Waals surface area (Å²) < 4.78 is 19.4. The van der Waals surface area contributed by atoms with E-state index in [9.17, 15) is 4.39 Å². The third-order valence-corrected chi connectivity index (χ3v) is 3.02. The van der Waals surface area contributed by atoms with Gasteiger partial charge in [0.2, 0.25) is 0 Å². The van der Waals surface area contributed by atoms with Crippen molar-refractivity contribution in [2.75, 3.05) is 5.73 Å². The van der Waals surface area contributed by atoms with Crippen molar-refractivity contribution in [1.29, 1.82) is 0 Å². The molecule has 0 amide bonds. The van der Waals surface area contributed by atoms with Gasteiger partial charge in [-0.15, -0.1) is 0 Å².